The molecule has 2 saturated heterocycles. The van der Waals surface area contributed by atoms with Crippen molar-refractivity contribution in [2.75, 3.05) is 64.4 Å². The normalized spacial score (nSPS) is 22.3. The van der Waals surface area contributed by atoms with Gasteiger partial charge in [-0.25, -0.2) is 0 Å². The number of anilines is 1. The summed E-state index contributed by atoms with van der Waals surface area (Å²) in [6.45, 7) is 5.47. The molecule has 206 valence electrons. The Morgan fingerprint density at radius 3 is 2.36 bits per heavy atom. The van der Waals surface area contributed by atoms with E-state index in [0.29, 0.717) is 36.9 Å². The monoisotopic (exact) mass is 530 g/mol. The first-order valence-electron chi connectivity index (χ1n) is 14.4. The van der Waals surface area contributed by atoms with Crippen molar-refractivity contribution in [1.29, 1.82) is 0 Å². The van der Waals surface area contributed by atoms with Crippen LogP contribution in [0.1, 0.15) is 51.1 Å². The molecule has 0 saturated carbocycles. The van der Waals surface area contributed by atoms with Crippen LogP contribution in [0.3, 0.4) is 0 Å². The number of aryl methyl sites for hydroxylation is 1. The van der Waals surface area contributed by atoms with Gasteiger partial charge in [-0.2, -0.15) is 0 Å². The lowest BCUT2D eigenvalue weighted by molar-refractivity contribution is -0.138. The Bertz CT molecular complexity index is 1250. The standard InChI is InChI=1S/C31H38N4O4/c1-39-20-19-35-30(37)26-7-4-8-27(28(26)31(35)38)33-13-11-23(12-14-33)29(36)34-17-15-32(16-18-34)25-10-9-22-5-2-3-6-24(22)21-25/h2-8,23,25H,9-21H2,1H3/t25-/m0/s1. The third kappa shape index (κ3) is 4.96. The summed E-state index contributed by atoms with van der Waals surface area (Å²) in [5.74, 6) is -0.212. The fraction of sp³-hybridized carbons (Fsp3) is 0.516. The number of fused-ring (bicyclic) bond motifs is 2. The molecule has 6 rings (SSSR count). The molecule has 4 aliphatic rings. The highest BCUT2D eigenvalue weighted by Gasteiger charge is 2.39. The molecule has 0 spiro atoms. The van der Waals surface area contributed by atoms with Gasteiger partial charge in [0, 0.05) is 58.3 Å². The van der Waals surface area contributed by atoms with E-state index in [-0.39, 0.29) is 30.2 Å². The molecule has 2 aromatic carbocycles. The van der Waals surface area contributed by atoms with Crippen molar-refractivity contribution >= 4 is 23.4 Å². The number of methoxy groups -OCH3 is 1. The molecule has 0 radical (unpaired) electrons. The van der Waals surface area contributed by atoms with Crippen LogP contribution in [0.15, 0.2) is 42.5 Å². The second kappa shape index (κ2) is 11.1. The lowest BCUT2D eigenvalue weighted by Gasteiger charge is -2.42. The van der Waals surface area contributed by atoms with Crippen LogP contribution in [0.5, 0.6) is 0 Å². The van der Waals surface area contributed by atoms with E-state index in [4.69, 9.17) is 4.74 Å². The van der Waals surface area contributed by atoms with E-state index in [1.807, 2.05) is 12.1 Å². The number of amides is 3. The molecule has 8 nitrogen and oxygen atoms in total. The predicted molar refractivity (Wildman–Crippen MR) is 149 cm³/mol. The van der Waals surface area contributed by atoms with Crippen molar-refractivity contribution in [1.82, 2.24) is 14.7 Å². The number of piperazine rings is 1. The first-order chi connectivity index (χ1) is 19.0. The third-order valence-corrected chi connectivity index (χ3v) is 9.14. The molecular weight excluding hydrogens is 492 g/mol. The Morgan fingerprint density at radius 2 is 1.62 bits per heavy atom. The van der Waals surface area contributed by atoms with E-state index >= 15 is 0 Å². The maximum atomic E-state index is 13.4. The fourth-order valence-electron chi connectivity index (χ4n) is 6.89. The Hall–Kier alpha value is -3.23. The molecule has 1 atom stereocenters. The number of carbonyl (C=O) groups excluding carboxylic acids is 3. The van der Waals surface area contributed by atoms with E-state index in [2.05, 4.69) is 39.0 Å². The summed E-state index contributed by atoms with van der Waals surface area (Å²) in [7, 11) is 1.56. The van der Waals surface area contributed by atoms with Crippen LogP contribution in [-0.4, -0.2) is 98.0 Å². The highest BCUT2D eigenvalue weighted by molar-refractivity contribution is 6.23. The number of ether oxygens (including phenoxy) is 1. The molecular formula is C31H38N4O4. The first kappa shape index (κ1) is 26.0. The SMILES string of the molecule is COCCN1C(=O)c2cccc(N3CCC(C(=O)N4CCN([C@H]5CCc6ccccc6C5)CC4)CC3)c2C1=O. The minimum atomic E-state index is -0.254. The lowest BCUT2D eigenvalue weighted by Crippen LogP contribution is -2.54. The van der Waals surface area contributed by atoms with Crippen molar-refractivity contribution in [3.8, 4) is 0 Å². The molecule has 1 aliphatic carbocycles. The van der Waals surface area contributed by atoms with Crippen LogP contribution in [0.4, 0.5) is 5.69 Å². The minimum absolute atomic E-state index is 0.0154. The van der Waals surface area contributed by atoms with Gasteiger partial charge >= 0.3 is 0 Å². The molecule has 8 heteroatoms. The number of piperidine rings is 1. The lowest BCUT2D eigenvalue weighted by atomic mass is 9.87. The van der Waals surface area contributed by atoms with E-state index in [0.717, 1.165) is 57.5 Å². The second-order valence-electron chi connectivity index (χ2n) is 11.2. The number of carbonyl (C=O) groups is 3. The zero-order chi connectivity index (χ0) is 26.9. The molecule has 0 N–H and O–H groups in total. The quantitative estimate of drug-likeness (QED) is 0.535. The zero-order valence-electron chi connectivity index (χ0n) is 22.8. The summed E-state index contributed by atoms with van der Waals surface area (Å²) in [4.78, 5) is 47.5. The van der Waals surface area contributed by atoms with Gasteiger partial charge in [0.2, 0.25) is 5.91 Å². The highest BCUT2D eigenvalue weighted by atomic mass is 16.5. The zero-order valence-corrected chi connectivity index (χ0v) is 22.8. The summed E-state index contributed by atoms with van der Waals surface area (Å²) in [6.07, 6.45) is 4.98. The van der Waals surface area contributed by atoms with Gasteiger partial charge in [0.1, 0.15) is 0 Å². The summed E-state index contributed by atoms with van der Waals surface area (Å²) < 4.78 is 5.08. The number of hydrogen-bond acceptors (Lipinski definition) is 6. The molecule has 0 unspecified atom stereocenters. The van der Waals surface area contributed by atoms with Crippen LogP contribution in [0.2, 0.25) is 0 Å². The summed E-state index contributed by atoms with van der Waals surface area (Å²) in [6, 6.07) is 14.9. The molecule has 2 aromatic rings. The number of nitrogens with zero attached hydrogens (tertiary/aromatic N) is 4. The molecule has 3 aliphatic heterocycles. The molecule has 0 bridgehead atoms. The van der Waals surface area contributed by atoms with Gasteiger partial charge in [-0.15, -0.1) is 0 Å². The Morgan fingerprint density at radius 1 is 0.872 bits per heavy atom. The first-order valence-corrected chi connectivity index (χ1v) is 14.4. The van der Waals surface area contributed by atoms with Crippen molar-refractivity contribution in [2.24, 2.45) is 5.92 Å². The van der Waals surface area contributed by atoms with E-state index in [1.54, 1.807) is 13.2 Å². The number of hydrogen-bond donors (Lipinski definition) is 0. The topological polar surface area (TPSA) is 73.4 Å². The van der Waals surface area contributed by atoms with Crippen LogP contribution in [0.25, 0.3) is 0 Å². The van der Waals surface area contributed by atoms with Crippen molar-refractivity contribution in [3.05, 3.63) is 64.7 Å². The average Bonchev–Trinajstić information content (AvgIpc) is 3.24. The van der Waals surface area contributed by atoms with E-state index in [1.165, 1.54) is 22.4 Å². The smallest absolute Gasteiger partial charge is 0.263 e. The maximum Gasteiger partial charge on any atom is 0.263 e. The third-order valence-electron chi connectivity index (χ3n) is 9.14. The Kier molecular flexibility index (Phi) is 7.40. The predicted octanol–water partition coefficient (Wildman–Crippen LogP) is 2.85. The van der Waals surface area contributed by atoms with E-state index in [9.17, 15) is 14.4 Å². The van der Waals surface area contributed by atoms with Gasteiger partial charge in [-0.3, -0.25) is 24.2 Å². The van der Waals surface area contributed by atoms with E-state index < -0.39 is 0 Å². The molecule has 2 fully saturated rings. The highest BCUT2D eigenvalue weighted by Crippen LogP contribution is 2.34. The van der Waals surface area contributed by atoms with Gasteiger partial charge in [0.05, 0.1) is 30.0 Å². The van der Waals surface area contributed by atoms with Crippen LogP contribution in [-0.2, 0) is 22.4 Å². The maximum absolute atomic E-state index is 13.4. The van der Waals surface area contributed by atoms with Gasteiger partial charge in [0.15, 0.2) is 0 Å². The van der Waals surface area contributed by atoms with Crippen LogP contribution < -0.4 is 4.90 Å². The molecule has 3 heterocycles. The van der Waals surface area contributed by atoms with Crippen molar-refractivity contribution < 1.29 is 19.1 Å². The van der Waals surface area contributed by atoms with Crippen molar-refractivity contribution in [2.45, 2.75) is 38.1 Å². The largest absolute Gasteiger partial charge is 0.383 e. The fourth-order valence-corrected chi connectivity index (χ4v) is 6.89. The number of imide groups is 1. The average molecular weight is 531 g/mol. The molecule has 39 heavy (non-hydrogen) atoms. The van der Waals surface area contributed by atoms with Gasteiger partial charge in [0.25, 0.3) is 11.8 Å². The second-order valence-corrected chi connectivity index (χ2v) is 11.2. The van der Waals surface area contributed by atoms with Gasteiger partial charge < -0.3 is 14.5 Å². The summed E-state index contributed by atoms with van der Waals surface area (Å²) in [5, 5.41) is 0. The Labute approximate surface area is 230 Å². The molecule has 0 aromatic heterocycles. The summed E-state index contributed by atoms with van der Waals surface area (Å²) >= 11 is 0. The van der Waals surface area contributed by atoms with Crippen molar-refractivity contribution in [3.63, 3.8) is 0 Å². The minimum Gasteiger partial charge on any atom is -0.383 e. The van der Waals surface area contributed by atoms with Crippen LogP contribution in [0, 0.1) is 5.92 Å². The van der Waals surface area contributed by atoms with Gasteiger partial charge in [-0.1, -0.05) is 30.3 Å². The van der Waals surface area contributed by atoms with Gasteiger partial charge in [-0.05, 0) is 55.4 Å². The van der Waals surface area contributed by atoms with Crippen LogP contribution >= 0.6 is 0 Å². The molecule has 3 amide bonds. The number of benzene rings is 2. The Balaban J connectivity index is 1.03. The number of rotatable bonds is 6. The summed E-state index contributed by atoms with van der Waals surface area (Å²) in [5.41, 5.74) is 4.74.